The van der Waals surface area contributed by atoms with Gasteiger partial charge >= 0.3 is 0 Å². The van der Waals surface area contributed by atoms with E-state index in [0.29, 0.717) is 0 Å². The molecule has 0 aliphatic rings. The number of rotatable bonds is 5. The molecular weight excluding hydrogens is 678 g/mol. The summed E-state index contributed by atoms with van der Waals surface area (Å²) in [7, 11) is 0. The number of fused-ring (bicyclic) bond motifs is 3. The number of benzene rings is 7. The lowest BCUT2D eigenvalue weighted by Crippen LogP contribution is -1.96. The summed E-state index contributed by atoms with van der Waals surface area (Å²) in [6.07, 6.45) is 0. The van der Waals surface area contributed by atoms with E-state index < -0.39 is 0 Å². The number of hydrogen-bond acceptors (Lipinski definition) is 0. The molecule has 3 heteroatoms. The first-order chi connectivity index (χ1) is 22.1. The Kier molecular flexibility index (Phi) is 7.21. The first-order valence-corrected chi connectivity index (χ1v) is 16.6. The van der Waals surface area contributed by atoms with Crippen molar-refractivity contribution in [2.24, 2.45) is 0 Å². The van der Waals surface area contributed by atoms with Gasteiger partial charge in [-0.1, -0.05) is 141 Å². The average Bonchev–Trinajstić information content (AvgIpc) is 3.41. The highest BCUT2D eigenvalue weighted by molar-refractivity contribution is 9.10. The zero-order valence-electron chi connectivity index (χ0n) is 24.3. The van der Waals surface area contributed by atoms with Crippen LogP contribution in [0.25, 0.3) is 72.0 Å². The van der Waals surface area contributed by atoms with E-state index >= 15 is 0 Å². The summed E-state index contributed by atoms with van der Waals surface area (Å²) < 4.78 is 4.54. The molecule has 0 unspecified atom stereocenters. The van der Waals surface area contributed by atoms with Crippen molar-refractivity contribution in [2.45, 2.75) is 0 Å². The molecule has 0 bridgehead atoms. The summed E-state index contributed by atoms with van der Waals surface area (Å²) in [6, 6.07) is 59.0. The van der Waals surface area contributed by atoms with Gasteiger partial charge in [-0.2, -0.15) is 0 Å². The van der Waals surface area contributed by atoms with E-state index in [-0.39, 0.29) is 0 Å². The van der Waals surface area contributed by atoms with Gasteiger partial charge in [-0.15, -0.1) is 0 Å². The van der Waals surface area contributed by atoms with Gasteiger partial charge in [0.05, 0.1) is 11.0 Å². The second-order valence-electron chi connectivity index (χ2n) is 11.3. The highest BCUT2D eigenvalue weighted by atomic mass is 79.9. The molecule has 8 rings (SSSR count). The molecule has 1 nitrogen and oxygen atoms in total. The third-order valence-electron chi connectivity index (χ3n) is 8.52. The Morgan fingerprint density at radius 2 is 0.667 bits per heavy atom. The molecule has 0 aliphatic carbocycles. The lowest BCUT2D eigenvalue weighted by molar-refractivity contribution is 1.18. The van der Waals surface area contributed by atoms with Gasteiger partial charge < -0.3 is 4.57 Å². The van der Waals surface area contributed by atoms with Crippen molar-refractivity contribution in [3.8, 4) is 50.2 Å². The van der Waals surface area contributed by atoms with Gasteiger partial charge in [-0.05, 0) is 99.1 Å². The zero-order chi connectivity index (χ0) is 30.3. The lowest BCUT2D eigenvalue weighted by Gasteiger charge is -2.15. The third kappa shape index (κ3) is 5.33. The predicted octanol–water partition coefficient (Wildman–Crippen LogP) is 13.0. The van der Waals surface area contributed by atoms with Gasteiger partial charge in [-0.25, -0.2) is 0 Å². The summed E-state index contributed by atoms with van der Waals surface area (Å²) in [4.78, 5) is 0. The molecule has 0 atom stereocenters. The molecule has 7 aromatic carbocycles. The Morgan fingerprint density at radius 1 is 0.311 bits per heavy atom. The van der Waals surface area contributed by atoms with Gasteiger partial charge in [0.15, 0.2) is 0 Å². The van der Waals surface area contributed by atoms with Crippen LogP contribution in [0.15, 0.2) is 173 Å². The maximum Gasteiger partial charge on any atom is 0.0541 e. The van der Waals surface area contributed by atoms with E-state index in [1.165, 1.54) is 66.3 Å². The van der Waals surface area contributed by atoms with Crippen molar-refractivity contribution in [1.82, 2.24) is 4.57 Å². The molecule has 0 aliphatic heterocycles. The van der Waals surface area contributed by atoms with Gasteiger partial charge in [-0.3, -0.25) is 0 Å². The molecule has 0 saturated heterocycles. The molecule has 214 valence electrons. The van der Waals surface area contributed by atoms with Gasteiger partial charge in [0, 0.05) is 25.4 Å². The molecule has 0 fully saturated rings. The number of nitrogens with zero attached hydrogens (tertiary/aromatic N) is 1. The smallest absolute Gasteiger partial charge is 0.0541 e. The van der Waals surface area contributed by atoms with Crippen molar-refractivity contribution < 1.29 is 0 Å². The van der Waals surface area contributed by atoms with Crippen molar-refractivity contribution in [3.63, 3.8) is 0 Å². The van der Waals surface area contributed by atoms with Crippen LogP contribution in [0.3, 0.4) is 0 Å². The molecule has 0 spiro atoms. The number of aromatic nitrogens is 1. The quantitative estimate of drug-likeness (QED) is 0.168. The van der Waals surface area contributed by atoms with Crippen LogP contribution in [0, 0.1) is 0 Å². The van der Waals surface area contributed by atoms with Gasteiger partial charge in [0.2, 0.25) is 0 Å². The average molecular weight is 705 g/mol. The summed E-state index contributed by atoms with van der Waals surface area (Å²) in [5, 5.41) is 2.43. The first kappa shape index (κ1) is 27.8. The number of halogens is 2. The fraction of sp³-hybridized carbons (Fsp3) is 0. The van der Waals surface area contributed by atoms with Crippen LogP contribution < -0.4 is 0 Å². The minimum absolute atomic E-state index is 1.07. The molecule has 45 heavy (non-hydrogen) atoms. The minimum Gasteiger partial charge on any atom is -0.309 e. The maximum atomic E-state index is 3.71. The highest BCUT2D eigenvalue weighted by Crippen LogP contribution is 2.38. The van der Waals surface area contributed by atoms with E-state index in [4.69, 9.17) is 0 Å². The Hall–Kier alpha value is -4.70. The molecule has 8 aromatic rings. The SMILES string of the molecule is Brc1ccc2c(c1)c1cc(Br)ccc1n2-c1cc(-c2ccc(-c3ccccc3)cc2)cc(-c2ccc(-c3ccccc3)cc2)c1. The van der Waals surface area contributed by atoms with E-state index in [1.54, 1.807) is 0 Å². The first-order valence-electron chi connectivity index (χ1n) is 15.0. The van der Waals surface area contributed by atoms with Crippen LogP contribution in [0.1, 0.15) is 0 Å². The monoisotopic (exact) mass is 703 g/mol. The Balaban J connectivity index is 1.32. The van der Waals surface area contributed by atoms with E-state index in [2.05, 4.69) is 200 Å². The van der Waals surface area contributed by atoms with Crippen LogP contribution >= 0.6 is 31.9 Å². The van der Waals surface area contributed by atoms with Gasteiger partial charge in [0.25, 0.3) is 0 Å². The second kappa shape index (κ2) is 11.7. The fourth-order valence-electron chi connectivity index (χ4n) is 6.29. The van der Waals surface area contributed by atoms with Crippen LogP contribution in [-0.4, -0.2) is 4.57 Å². The van der Waals surface area contributed by atoms with Crippen LogP contribution in [-0.2, 0) is 0 Å². The topological polar surface area (TPSA) is 4.93 Å². The zero-order valence-corrected chi connectivity index (χ0v) is 27.5. The standard InChI is InChI=1S/C42H27Br2N/c43-36-19-21-41-39(26-36)40-27-37(44)20-22-42(40)45(41)38-24-34(32-15-11-30(12-16-32)28-7-3-1-4-8-28)23-35(25-38)33-17-13-31(14-18-33)29-9-5-2-6-10-29/h1-27H. The van der Waals surface area contributed by atoms with E-state index in [9.17, 15) is 0 Å². The second-order valence-corrected chi connectivity index (χ2v) is 13.1. The third-order valence-corrected chi connectivity index (χ3v) is 9.50. The normalized spacial score (nSPS) is 11.3. The summed E-state index contributed by atoms with van der Waals surface area (Å²) >= 11 is 7.42. The van der Waals surface area contributed by atoms with Crippen molar-refractivity contribution in [3.05, 3.63) is 173 Å². The Labute approximate surface area is 279 Å². The van der Waals surface area contributed by atoms with Crippen LogP contribution in [0.4, 0.5) is 0 Å². The molecule has 0 saturated carbocycles. The van der Waals surface area contributed by atoms with E-state index in [1.807, 2.05) is 0 Å². The van der Waals surface area contributed by atoms with Crippen molar-refractivity contribution in [1.29, 1.82) is 0 Å². The molecule has 0 amide bonds. The van der Waals surface area contributed by atoms with Crippen molar-refractivity contribution in [2.75, 3.05) is 0 Å². The van der Waals surface area contributed by atoms with Crippen LogP contribution in [0.2, 0.25) is 0 Å². The fourth-order valence-corrected chi connectivity index (χ4v) is 7.01. The van der Waals surface area contributed by atoms with Gasteiger partial charge in [0.1, 0.15) is 0 Å². The maximum absolute atomic E-state index is 3.71. The molecule has 0 N–H and O–H groups in total. The largest absolute Gasteiger partial charge is 0.309 e. The van der Waals surface area contributed by atoms with Crippen molar-refractivity contribution >= 4 is 53.7 Å². The van der Waals surface area contributed by atoms with E-state index in [0.717, 1.165) is 14.6 Å². The Morgan fingerprint density at radius 3 is 1.07 bits per heavy atom. The number of hydrogen-bond donors (Lipinski definition) is 0. The summed E-state index contributed by atoms with van der Waals surface area (Å²) in [5.41, 5.74) is 13.1. The molecule has 1 aromatic heterocycles. The highest BCUT2D eigenvalue weighted by Gasteiger charge is 2.16. The molecule has 1 heterocycles. The lowest BCUT2D eigenvalue weighted by atomic mass is 9.95. The van der Waals surface area contributed by atoms with Crippen LogP contribution in [0.5, 0.6) is 0 Å². The minimum atomic E-state index is 1.07. The summed E-state index contributed by atoms with van der Waals surface area (Å²) in [5.74, 6) is 0. The molecule has 0 radical (unpaired) electrons. The molecular formula is C42H27Br2N. The predicted molar refractivity (Wildman–Crippen MR) is 198 cm³/mol. The Bertz CT molecular complexity index is 2140. The summed E-state index contributed by atoms with van der Waals surface area (Å²) in [6.45, 7) is 0.